The van der Waals surface area contributed by atoms with Crippen LogP contribution in [-0.2, 0) is 0 Å². The van der Waals surface area contributed by atoms with Gasteiger partial charge in [-0.25, -0.2) is 4.79 Å². The number of ether oxygens (including phenoxy) is 1. The van der Waals surface area contributed by atoms with Crippen LogP contribution < -0.4 is 4.74 Å². The maximum absolute atomic E-state index is 10.9. The lowest BCUT2D eigenvalue weighted by Gasteiger charge is -2.07. The van der Waals surface area contributed by atoms with E-state index in [-0.39, 0.29) is 17.1 Å². The summed E-state index contributed by atoms with van der Waals surface area (Å²) in [5.41, 5.74) is 1.75. The van der Waals surface area contributed by atoms with Crippen molar-refractivity contribution in [1.82, 2.24) is 0 Å². The zero-order valence-electron chi connectivity index (χ0n) is 12.1. The van der Waals surface area contributed by atoms with E-state index in [2.05, 4.69) is 22.0 Å². The minimum Gasteiger partial charge on any atom is -0.504 e. The number of phenolic OH excluding ortho intramolecular Hbond substituents is 1. The molecule has 5 nitrogen and oxygen atoms in total. The van der Waals surface area contributed by atoms with E-state index in [1.165, 1.54) is 25.3 Å². The summed E-state index contributed by atoms with van der Waals surface area (Å²) >= 11 is 3.32. The van der Waals surface area contributed by atoms with E-state index in [0.29, 0.717) is 21.2 Å². The summed E-state index contributed by atoms with van der Waals surface area (Å²) in [6.07, 6.45) is 1.63. The lowest BCUT2D eigenvalue weighted by molar-refractivity contribution is 0.0697. The zero-order chi connectivity index (χ0) is 17.0. The van der Waals surface area contributed by atoms with Gasteiger partial charge in [0.15, 0.2) is 11.5 Å². The van der Waals surface area contributed by atoms with Crippen LogP contribution in [0.1, 0.15) is 21.5 Å². The zero-order valence-corrected chi connectivity index (χ0v) is 13.7. The van der Waals surface area contributed by atoms with Gasteiger partial charge in [-0.1, -0.05) is 28.1 Å². The molecule has 0 aromatic heterocycles. The van der Waals surface area contributed by atoms with Crippen molar-refractivity contribution in [2.75, 3.05) is 7.11 Å². The van der Waals surface area contributed by atoms with Crippen LogP contribution in [0.15, 0.2) is 40.9 Å². The Labute approximate surface area is 141 Å². The van der Waals surface area contributed by atoms with Crippen molar-refractivity contribution in [1.29, 1.82) is 5.26 Å². The number of hydrogen-bond donors (Lipinski definition) is 2. The summed E-state index contributed by atoms with van der Waals surface area (Å²) < 4.78 is 5.66. The number of carboxylic acid groups (broad SMARTS) is 1. The van der Waals surface area contributed by atoms with Gasteiger partial charge >= 0.3 is 5.97 Å². The lowest BCUT2D eigenvalue weighted by Crippen LogP contribution is -1.95. The Hall–Kier alpha value is -2.78. The van der Waals surface area contributed by atoms with Crippen molar-refractivity contribution in [3.05, 3.63) is 57.6 Å². The van der Waals surface area contributed by atoms with Gasteiger partial charge in [0.05, 0.1) is 24.3 Å². The number of methoxy groups -OCH3 is 1. The van der Waals surface area contributed by atoms with Gasteiger partial charge in [0, 0.05) is 4.47 Å². The fourth-order valence-corrected chi connectivity index (χ4v) is 2.41. The lowest BCUT2D eigenvalue weighted by atomic mass is 10.0. The predicted octanol–water partition coefficient (Wildman–Crippen LogP) is 3.93. The van der Waals surface area contributed by atoms with Gasteiger partial charge in [-0.2, -0.15) is 5.26 Å². The van der Waals surface area contributed by atoms with Crippen LogP contribution in [0, 0.1) is 11.3 Å². The third-order valence-corrected chi connectivity index (χ3v) is 3.85. The molecule has 2 aromatic carbocycles. The number of hydrogen-bond acceptors (Lipinski definition) is 4. The number of halogens is 1. The molecule has 2 N–H and O–H groups in total. The molecular weight excluding hydrogens is 362 g/mol. The molecule has 6 heteroatoms. The third kappa shape index (κ3) is 3.71. The summed E-state index contributed by atoms with van der Waals surface area (Å²) in [5.74, 6) is -0.746. The molecule has 2 rings (SSSR count). The molecule has 2 aromatic rings. The molecule has 0 aliphatic heterocycles. The molecule has 0 radical (unpaired) electrons. The van der Waals surface area contributed by atoms with Gasteiger partial charge in [-0.05, 0) is 41.5 Å². The molecule has 0 amide bonds. The SMILES string of the molecule is COc1cc(/C=C(/C#N)c2ccc(C(=O)O)cc2)c(Br)cc1O. The smallest absolute Gasteiger partial charge is 0.335 e. The summed E-state index contributed by atoms with van der Waals surface area (Å²) in [4.78, 5) is 10.9. The van der Waals surface area contributed by atoms with Gasteiger partial charge in [-0.15, -0.1) is 0 Å². The predicted molar refractivity (Wildman–Crippen MR) is 89.2 cm³/mol. The van der Waals surface area contributed by atoms with Crippen LogP contribution >= 0.6 is 15.9 Å². The normalized spacial score (nSPS) is 10.9. The van der Waals surface area contributed by atoms with Crippen LogP contribution in [-0.4, -0.2) is 23.3 Å². The van der Waals surface area contributed by atoms with Crippen molar-refractivity contribution in [2.45, 2.75) is 0 Å². The first-order valence-corrected chi connectivity index (χ1v) is 7.27. The number of carboxylic acids is 1. The Balaban J connectivity index is 2.47. The molecule has 116 valence electrons. The molecule has 0 aliphatic carbocycles. The second-order valence-corrected chi connectivity index (χ2v) is 5.45. The number of phenols is 1. The highest BCUT2D eigenvalue weighted by atomic mass is 79.9. The average molecular weight is 374 g/mol. The summed E-state index contributed by atoms with van der Waals surface area (Å²) in [6, 6.07) is 11.2. The maximum atomic E-state index is 10.9. The van der Waals surface area contributed by atoms with Crippen LogP contribution in [0.5, 0.6) is 11.5 Å². The summed E-state index contributed by atoms with van der Waals surface area (Å²) in [7, 11) is 1.44. The summed E-state index contributed by atoms with van der Waals surface area (Å²) in [6.45, 7) is 0. The van der Waals surface area contributed by atoms with Crippen LogP contribution in [0.4, 0.5) is 0 Å². The Morgan fingerprint density at radius 2 is 1.87 bits per heavy atom. The Kier molecular flexibility index (Phi) is 5.04. The van der Waals surface area contributed by atoms with E-state index in [4.69, 9.17) is 9.84 Å². The van der Waals surface area contributed by atoms with Crippen molar-refractivity contribution in [3.8, 4) is 17.6 Å². The van der Waals surface area contributed by atoms with Crippen LogP contribution in [0.25, 0.3) is 11.6 Å². The molecule has 0 heterocycles. The minimum absolute atomic E-state index is 0.0131. The highest BCUT2D eigenvalue weighted by Gasteiger charge is 2.09. The standard InChI is InChI=1S/C17H12BrNO4/c1-23-16-7-12(14(18)8-15(16)20)6-13(9-19)10-2-4-11(5-3-10)17(21)22/h2-8,20H,1H3,(H,21,22)/b13-6-. The molecule has 0 spiro atoms. The number of nitriles is 1. The highest BCUT2D eigenvalue weighted by Crippen LogP contribution is 2.34. The Morgan fingerprint density at radius 3 is 2.39 bits per heavy atom. The number of aromatic carboxylic acids is 1. The summed E-state index contributed by atoms with van der Waals surface area (Å²) in [5, 5.41) is 28.0. The van der Waals surface area contributed by atoms with Crippen molar-refractivity contribution in [3.63, 3.8) is 0 Å². The number of nitrogens with zero attached hydrogens (tertiary/aromatic N) is 1. The fourth-order valence-electron chi connectivity index (χ4n) is 1.96. The molecule has 0 saturated carbocycles. The number of allylic oxidation sites excluding steroid dienone is 1. The van der Waals surface area contributed by atoms with Gasteiger partial charge in [0.25, 0.3) is 0 Å². The first-order valence-electron chi connectivity index (χ1n) is 6.48. The van der Waals surface area contributed by atoms with Crippen molar-refractivity contribution < 1.29 is 19.7 Å². The largest absolute Gasteiger partial charge is 0.504 e. The topological polar surface area (TPSA) is 90.5 Å². The van der Waals surface area contributed by atoms with E-state index in [1.54, 1.807) is 24.3 Å². The van der Waals surface area contributed by atoms with E-state index < -0.39 is 5.97 Å². The van der Waals surface area contributed by atoms with E-state index in [1.807, 2.05) is 0 Å². The molecule has 0 saturated heterocycles. The van der Waals surface area contributed by atoms with E-state index in [0.717, 1.165) is 0 Å². The van der Waals surface area contributed by atoms with Gasteiger partial charge < -0.3 is 14.9 Å². The molecule has 0 bridgehead atoms. The van der Waals surface area contributed by atoms with E-state index in [9.17, 15) is 15.2 Å². The van der Waals surface area contributed by atoms with Crippen LogP contribution in [0.3, 0.4) is 0 Å². The number of aromatic hydroxyl groups is 1. The Bertz CT molecular complexity index is 820. The molecular formula is C17H12BrNO4. The first kappa shape index (κ1) is 16.6. The first-order chi connectivity index (χ1) is 11.0. The quantitative estimate of drug-likeness (QED) is 0.625. The van der Waals surface area contributed by atoms with Gasteiger partial charge in [0.2, 0.25) is 0 Å². The molecule has 0 fully saturated rings. The minimum atomic E-state index is -1.02. The van der Waals surface area contributed by atoms with Crippen LogP contribution in [0.2, 0.25) is 0 Å². The highest BCUT2D eigenvalue weighted by molar-refractivity contribution is 9.10. The van der Waals surface area contributed by atoms with Gasteiger partial charge in [0.1, 0.15) is 0 Å². The molecule has 0 aliphatic rings. The number of benzene rings is 2. The van der Waals surface area contributed by atoms with Crippen molar-refractivity contribution >= 4 is 33.5 Å². The number of carbonyl (C=O) groups is 1. The Morgan fingerprint density at radius 1 is 1.26 bits per heavy atom. The molecule has 0 atom stereocenters. The van der Waals surface area contributed by atoms with Crippen molar-refractivity contribution in [2.24, 2.45) is 0 Å². The average Bonchev–Trinajstić information content (AvgIpc) is 2.54. The third-order valence-electron chi connectivity index (χ3n) is 3.16. The number of rotatable bonds is 4. The van der Waals surface area contributed by atoms with Gasteiger partial charge in [-0.3, -0.25) is 0 Å². The monoisotopic (exact) mass is 373 g/mol. The second kappa shape index (κ2) is 6.99. The second-order valence-electron chi connectivity index (χ2n) is 4.60. The fraction of sp³-hybridized carbons (Fsp3) is 0.0588. The maximum Gasteiger partial charge on any atom is 0.335 e. The molecule has 23 heavy (non-hydrogen) atoms. The molecule has 0 unspecified atom stereocenters. The van der Waals surface area contributed by atoms with E-state index >= 15 is 0 Å².